The first-order valence-corrected chi connectivity index (χ1v) is 4.88. The molecule has 0 saturated heterocycles. The molecule has 5 heteroatoms. The lowest BCUT2D eigenvalue weighted by Crippen LogP contribution is -2.18. The van der Waals surface area contributed by atoms with Gasteiger partial charge in [0.15, 0.2) is 11.6 Å². The quantitative estimate of drug-likeness (QED) is 0.793. The number of ether oxygens (including phenoxy) is 2. The minimum atomic E-state index is -0.977. The van der Waals surface area contributed by atoms with Crippen LogP contribution in [0.1, 0.15) is 11.7 Å². The van der Waals surface area contributed by atoms with Gasteiger partial charge in [-0.25, -0.2) is 4.39 Å². The van der Waals surface area contributed by atoms with Crippen LogP contribution < -0.4 is 14.8 Å². The summed E-state index contributed by atoms with van der Waals surface area (Å²) in [6.07, 6.45) is -0.977. The fourth-order valence-corrected chi connectivity index (χ4v) is 1.50. The maximum Gasteiger partial charge on any atom is 0.174 e. The van der Waals surface area contributed by atoms with Gasteiger partial charge in [-0.1, -0.05) is 0 Å². The lowest BCUT2D eigenvalue weighted by atomic mass is 10.1. The molecule has 1 atom stereocenters. The first-order valence-electron chi connectivity index (χ1n) is 4.88. The Bertz CT molecular complexity index is 357. The molecule has 0 fully saturated rings. The highest BCUT2D eigenvalue weighted by molar-refractivity contribution is 5.43. The molecule has 0 aliphatic rings. The molecule has 16 heavy (non-hydrogen) atoms. The molecule has 1 aromatic rings. The lowest BCUT2D eigenvalue weighted by Gasteiger charge is -2.16. The molecule has 1 rings (SSSR count). The van der Waals surface area contributed by atoms with Gasteiger partial charge in [-0.15, -0.1) is 0 Å². The number of hydrogen-bond acceptors (Lipinski definition) is 4. The van der Waals surface area contributed by atoms with Crippen LogP contribution in [0.3, 0.4) is 0 Å². The number of rotatable bonds is 5. The number of benzene rings is 1. The van der Waals surface area contributed by atoms with Crippen molar-refractivity contribution < 1.29 is 19.0 Å². The van der Waals surface area contributed by atoms with E-state index in [4.69, 9.17) is 9.47 Å². The van der Waals surface area contributed by atoms with Crippen LogP contribution in [-0.2, 0) is 0 Å². The normalized spacial score (nSPS) is 12.3. The first-order chi connectivity index (χ1) is 7.65. The molecular formula is C11H16FNO3. The van der Waals surface area contributed by atoms with Gasteiger partial charge in [-0.3, -0.25) is 0 Å². The van der Waals surface area contributed by atoms with Crippen molar-refractivity contribution in [2.24, 2.45) is 0 Å². The summed E-state index contributed by atoms with van der Waals surface area (Å²) in [5.74, 6) is -0.198. The maximum absolute atomic E-state index is 13.9. The molecule has 0 aliphatic heterocycles. The molecule has 0 aromatic heterocycles. The minimum absolute atomic E-state index is 0.0888. The number of nitrogens with one attached hydrogen (secondary N) is 1. The molecular weight excluding hydrogens is 213 g/mol. The SMILES string of the molecule is CNCC(O)c1c(OC)ccc(OC)c1F. The Balaban J connectivity index is 3.20. The minimum Gasteiger partial charge on any atom is -0.496 e. The topological polar surface area (TPSA) is 50.7 Å². The zero-order valence-electron chi connectivity index (χ0n) is 9.58. The van der Waals surface area contributed by atoms with Crippen LogP contribution in [0.2, 0.25) is 0 Å². The van der Waals surface area contributed by atoms with E-state index in [1.807, 2.05) is 0 Å². The van der Waals surface area contributed by atoms with Gasteiger partial charge in [0.05, 0.1) is 25.9 Å². The van der Waals surface area contributed by atoms with Gasteiger partial charge in [0.1, 0.15) is 5.75 Å². The predicted octanol–water partition coefficient (Wildman–Crippen LogP) is 1.10. The largest absolute Gasteiger partial charge is 0.496 e. The maximum atomic E-state index is 13.9. The van der Waals surface area contributed by atoms with E-state index in [0.717, 1.165) is 0 Å². The third kappa shape index (κ3) is 2.43. The number of aliphatic hydroxyl groups is 1. The summed E-state index contributed by atoms with van der Waals surface area (Å²) >= 11 is 0. The number of halogens is 1. The Labute approximate surface area is 94.0 Å². The zero-order valence-corrected chi connectivity index (χ0v) is 9.58. The van der Waals surface area contributed by atoms with Crippen LogP contribution in [0.5, 0.6) is 11.5 Å². The van der Waals surface area contributed by atoms with E-state index in [9.17, 15) is 9.50 Å². The molecule has 4 nitrogen and oxygen atoms in total. The monoisotopic (exact) mass is 229 g/mol. The zero-order chi connectivity index (χ0) is 12.1. The van der Waals surface area contributed by atoms with E-state index >= 15 is 0 Å². The fraction of sp³-hybridized carbons (Fsp3) is 0.455. The van der Waals surface area contributed by atoms with Crippen molar-refractivity contribution in [1.82, 2.24) is 5.32 Å². The number of hydrogen-bond donors (Lipinski definition) is 2. The molecule has 0 bridgehead atoms. The molecule has 0 radical (unpaired) electrons. The smallest absolute Gasteiger partial charge is 0.174 e. The second kappa shape index (κ2) is 5.67. The van der Waals surface area contributed by atoms with E-state index in [1.54, 1.807) is 13.1 Å². The Morgan fingerprint density at radius 1 is 1.31 bits per heavy atom. The van der Waals surface area contributed by atoms with Crippen LogP contribution >= 0.6 is 0 Å². The van der Waals surface area contributed by atoms with Gasteiger partial charge in [-0.05, 0) is 19.2 Å². The average Bonchev–Trinajstić information content (AvgIpc) is 2.28. The van der Waals surface area contributed by atoms with Crippen LogP contribution in [0.25, 0.3) is 0 Å². The fourth-order valence-electron chi connectivity index (χ4n) is 1.50. The number of methoxy groups -OCH3 is 2. The van der Waals surface area contributed by atoms with Crippen LogP contribution in [0.15, 0.2) is 12.1 Å². The molecule has 0 heterocycles. The summed E-state index contributed by atoms with van der Waals surface area (Å²) in [5, 5.41) is 12.6. The highest BCUT2D eigenvalue weighted by Gasteiger charge is 2.21. The van der Waals surface area contributed by atoms with Gasteiger partial charge in [0.25, 0.3) is 0 Å². The van der Waals surface area contributed by atoms with Crippen molar-refractivity contribution >= 4 is 0 Å². The summed E-state index contributed by atoms with van der Waals surface area (Å²) in [6.45, 7) is 0.237. The highest BCUT2D eigenvalue weighted by atomic mass is 19.1. The lowest BCUT2D eigenvalue weighted by molar-refractivity contribution is 0.167. The van der Waals surface area contributed by atoms with Gasteiger partial charge in [0, 0.05) is 6.54 Å². The number of likely N-dealkylation sites (N-methyl/N-ethyl adjacent to an activating group) is 1. The van der Waals surface area contributed by atoms with E-state index in [-0.39, 0.29) is 17.9 Å². The van der Waals surface area contributed by atoms with Crippen molar-refractivity contribution in [3.8, 4) is 11.5 Å². The van der Waals surface area contributed by atoms with Crippen molar-refractivity contribution in [3.05, 3.63) is 23.5 Å². The van der Waals surface area contributed by atoms with Crippen LogP contribution in [0, 0.1) is 5.82 Å². The second-order valence-electron chi connectivity index (χ2n) is 3.27. The Kier molecular flexibility index (Phi) is 4.52. The summed E-state index contributed by atoms with van der Waals surface area (Å²) < 4.78 is 23.8. The molecule has 1 unspecified atom stereocenters. The van der Waals surface area contributed by atoms with Crippen molar-refractivity contribution in [2.75, 3.05) is 27.8 Å². The van der Waals surface area contributed by atoms with Gasteiger partial charge >= 0.3 is 0 Å². The van der Waals surface area contributed by atoms with E-state index in [0.29, 0.717) is 5.75 Å². The molecule has 0 aliphatic carbocycles. The van der Waals surface area contributed by atoms with E-state index in [1.165, 1.54) is 20.3 Å². The van der Waals surface area contributed by atoms with Gasteiger partial charge in [0.2, 0.25) is 0 Å². The van der Waals surface area contributed by atoms with Crippen LogP contribution in [0.4, 0.5) is 4.39 Å². The standard InChI is InChI=1S/C11H16FNO3/c1-13-6-7(14)10-8(15-2)4-5-9(16-3)11(10)12/h4-5,7,13-14H,6H2,1-3H3. The molecule has 0 spiro atoms. The first kappa shape index (κ1) is 12.7. The van der Waals surface area contributed by atoms with Crippen molar-refractivity contribution in [1.29, 1.82) is 0 Å². The molecule has 0 amide bonds. The van der Waals surface area contributed by atoms with E-state index < -0.39 is 11.9 Å². The van der Waals surface area contributed by atoms with Crippen molar-refractivity contribution in [2.45, 2.75) is 6.10 Å². The molecule has 0 saturated carbocycles. The Hall–Kier alpha value is -1.33. The average molecular weight is 229 g/mol. The molecule has 2 N–H and O–H groups in total. The summed E-state index contributed by atoms with van der Waals surface area (Å²) in [6, 6.07) is 3.03. The predicted molar refractivity (Wildman–Crippen MR) is 58.4 cm³/mol. The van der Waals surface area contributed by atoms with Crippen LogP contribution in [-0.4, -0.2) is 32.9 Å². The summed E-state index contributed by atoms with van der Waals surface area (Å²) in [7, 11) is 4.48. The van der Waals surface area contributed by atoms with Crippen molar-refractivity contribution in [3.63, 3.8) is 0 Å². The van der Waals surface area contributed by atoms with Gasteiger partial charge < -0.3 is 19.9 Å². The summed E-state index contributed by atoms with van der Waals surface area (Å²) in [4.78, 5) is 0. The Morgan fingerprint density at radius 2 is 1.88 bits per heavy atom. The third-order valence-electron chi connectivity index (χ3n) is 2.27. The third-order valence-corrected chi connectivity index (χ3v) is 2.27. The number of aliphatic hydroxyl groups excluding tert-OH is 1. The van der Waals surface area contributed by atoms with Gasteiger partial charge in [-0.2, -0.15) is 0 Å². The highest BCUT2D eigenvalue weighted by Crippen LogP contribution is 2.33. The molecule has 1 aromatic carbocycles. The summed E-state index contributed by atoms with van der Waals surface area (Å²) in [5.41, 5.74) is 0.108. The Morgan fingerprint density at radius 3 is 2.38 bits per heavy atom. The molecule has 90 valence electrons. The second-order valence-corrected chi connectivity index (χ2v) is 3.27. The van der Waals surface area contributed by atoms with E-state index in [2.05, 4.69) is 5.32 Å².